The van der Waals surface area contributed by atoms with Crippen LogP contribution in [0.2, 0.25) is 0 Å². The number of ether oxygens (including phenoxy) is 1. The van der Waals surface area contributed by atoms with Crippen LogP contribution in [0.25, 0.3) is 11.0 Å². The van der Waals surface area contributed by atoms with E-state index in [2.05, 4.69) is 20.9 Å². The molecule has 0 aliphatic carbocycles. The SMILES string of the molecule is CC(C)(C)OC(=O)n1ccc2c(C(=O)CBr)ccnc21. The number of alkyl halides is 1. The van der Waals surface area contributed by atoms with Gasteiger partial charge in [-0.05, 0) is 32.9 Å². The first-order valence-corrected chi connectivity index (χ1v) is 7.24. The zero-order valence-corrected chi connectivity index (χ0v) is 13.1. The molecular formula is C14H15BrN2O3. The minimum atomic E-state index is -0.586. The van der Waals surface area contributed by atoms with E-state index in [0.717, 1.165) is 0 Å². The number of hydrogen-bond donors (Lipinski definition) is 0. The number of pyridine rings is 1. The van der Waals surface area contributed by atoms with Crippen molar-refractivity contribution in [1.29, 1.82) is 0 Å². The van der Waals surface area contributed by atoms with E-state index >= 15 is 0 Å². The first-order valence-electron chi connectivity index (χ1n) is 6.12. The molecule has 0 aliphatic rings. The molecule has 0 amide bonds. The maximum Gasteiger partial charge on any atom is 0.420 e. The van der Waals surface area contributed by atoms with Crippen molar-refractivity contribution in [1.82, 2.24) is 9.55 Å². The predicted octanol–water partition coefficient (Wildman–Crippen LogP) is 3.40. The molecule has 106 valence electrons. The van der Waals surface area contributed by atoms with Crippen LogP contribution in [0.15, 0.2) is 24.5 Å². The van der Waals surface area contributed by atoms with Gasteiger partial charge in [0.25, 0.3) is 0 Å². The second-order valence-corrected chi connectivity index (χ2v) is 5.88. The van der Waals surface area contributed by atoms with Gasteiger partial charge in [0.2, 0.25) is 0 Å². The molecule has 0 unspecified atom stereocenters. The second-order valence-electron chi connectivity index (χ2n) is 5.32. The van der Waals surface area contributed by atoms with Crippen LogP contribution in [0.3, 0.4) is 0 Å². The van der Waals surface area contributed by atoms with Crippen LogP contribution in [0.5, 0.6) is 0 Å². The zero-order chi connectivity index (χ0) is 14.9. The highest BCUT2D eigenvalue weighted by atomic mass is 79.9. The van der Waals surface area contributed by atoms with Crippen molar-refractivity contribution < 1.29 is 14.3 Å². The summed E-state index contributed by atoms with van der Waals surface area (Å²) in [5, 5.41) is 0.867. The molecule has 0 saturated carbocycles. The van der Waals surface area contributed by atoms with Gasteiger partial charge in [0, 0.05) is 23.3 Å². The van der Waals surface area contributed by atoms with Gasteiger partial charge in [-0.3, -0.25) is 4.79 Å². The number of halogens is 1. The molecule has 0 atom stereocenters. The zero-order valence-electron chi connectivity index (χ0n) is 11.5. The lowest BCUT2D eigenvalue weighted by atomic mass is 10.1. The van der Waals surface area contributed by atoms with Crippen molar-refractivity contribution >= 4 is 38.8 Å². The van der Waals surface area contributed by atoms with Crippen LogP contribution in [-0.4, -0.2) is 32.4 Å². The van der Waals surface area contributed by atoms with Crippen molar-refractivity contribution in [2.45, 2.75) is 26.4 Å². The van der Waals surface area contributed by atoms with Crippen molar-refractivity contribution in [3.63, 3.8) is 0 Å². The summed E-state index contributed by atoms with van der Waals surface area (Å²) in [5.74, 6) is -0.0562. The monoisotopic (exact) mass is 338 g/mol. The Labute approximate surface area is 125 Å². The largest absolute Gasteiger partial charge is 0.443 e. The topological polar surface area (TPSA) is 61.2 Å². The van der Waals surface area contributed by atoms with Crippen LogP contribution in [-0.2, 0) is 4.74 Å². The number of nitrogens with zero attached hydrogens (tertiary/aromatic N) is 2. The Balaban J connectivity index is 2.48. The van der Waals surface area contributed by atoms with Gasteiger partial charge in [-0.1, -0.05) is 15.9 Å². The second kappa shape index (κ2) is 5.36. The molecule has 0 aromatic carbocycles. The molecule has 2 heterocycles. The Bertz CT molecular complexity index is 671. The maximum atomic E-state index is 12.1. The van der Waals surface area contributed by atoms with Crippen molar-refractivity contribution in [3.8, 4) is 0 Å². The lowest BCUT2D eigenvalue weighted by Crippen LogP contribution is -2.26. The highest BCUT2D eigenvalue weighted by Gasteiger charge is 2.21. The Hall–Kier alpha value is -1.69. The third kappa shape index (κ3) is 2.90. The molecule has 5 nitrogen and oxygen atoms in total. The third-order valence-electron chi connectivity index (χ3n) is 2.60. The van der Waals surface area contributed by atoms with Crippen LogP contribution in [0.1, 0.15) is 31.1 Å². The summed E-state index contributed by atoms with van der Waals surface area (Å²) in [4.78, 5) is 28.1. The number of carbonyl (C=O) groups excluding carboxylic acids is 2. The van der Waals surface area contributed by atoms with Crippen molar-refractivity contribution in [2.24, 2.45) is 0 Å². The van der Waals surface area contributed by atoms with Crippen LogP contribution in [0.4, 0.5) is 4.79 Å². The maximum absolute atomic E-state index is 12.1. The molecule has 2 aromatic rings. The molecule has 0 aliphatic heterocycles. The van der Waals surface area contributed by atoms with E-state index in [4.69, 9.17) is 4.74 Å². The van der Waals surface area contributed by atoms with E-state index in [9.17, 15) is 9.59 Å². The van der Waals surface area contributed by atoms with Crippen LogP contribution in [0, 0.1) is 0 Å². The van der Waals surface area contributed by atoms with Crippen molar-refractivity contribution in [2.75, 3.05) is 5.33 Å². The summed E-state index contributed by atoms with van der Waals surface area (Å²) in [6, 6.07) is 3.34. The van der Waals surface area contributed by atoms with E-state index in [1.807, 2.05) is 0 Å². The summed E-state index contributed by atoms with van der Waals surface area (Å²) in [5.41, 5.74) is 0.372. The smallest absolute Gasteiger partial charge is 0.420 e. The fourth-order valence-electron chi connectivity index (χ4n) is 1.81. The number of aromatic nitrogens is 2. The Kier molecular flexibility index (Phi) is 3.94. The lowest BCUT2D eigenvalue weighted by Gasteiger charge is -2.19. The standard InChI is InChI=1S/C14H15BrN2O3/c1-14(2,3)20-13(19)17-7-5-10-9(11(18)8-15)4-6-16-12(10)17/h4-7H,8H2,1-3H3. The van der Waals surface area contributed by atoms with E-state index < -0.39 is 11.7 Å². The predicted molar refractivity (Wildman–Crippen MR) is 79.5 cm³/mol. The molecule has 0 saturated heterocycles. The number of rotatable bonds is 2. The van der Waals surface area contributed by atoms with E-state index in [1.165, 1.54) is 10.8 Å². The van der Waals surface area contributed by atoms with E-state index in [1.54, 1.807) is 39.1 Å². The van der Waals surface area contributed by atoms with E-state index in [-0.39, 0.29) is 11.1 Å². The third-order valence-corrected chi connectivity index (χ3v) is 3.11. The number of Topliss-reactive ketones (excluding diaryl/α,β-unsaturated/α-hetero) is 1. The Morgan fingerprint density at radius 1 is 1.35 bits per heavy atom. The van der Waals surface area contributed by atoms with Crippen LogP contribution >= 0.6 is 15.9 Å². The molecule has 2 rings (SSSR count). The summed E-state index contributed by atoms with van der Waals surface area (Å²) in [6.07, 6.45) is 2.57. The van der Waals surface area contributed by atoms with Gasteiger partial charge in [-0.15, -0.1) is 0 Å². The molecule has 0 N–H and O–H groups in total. The van der Waals surface area contributed by atoms with Crippen molar-refractivity contribution in [3.05, 3.63) is 30.1 Å². The highest BCUT2D eigenvalue weighted by molar-refractivity contribution is 9.09. The molecule has 0 bridgehead atoms. The minimum absolute atomic E-state index is 0.0562. The quantitative estimate of drug-likeness (QED) is 0.621. The molecule has 6 heteroatoms. The molecule has 0 spiro atoms. The Morgan fingerprint density at radius 3 is 2.65 bits per heavy atom. The Morgan fingerprint density at radius 2 is 2.05 bits per heavy atom. The van der Waals surface area contributed by atoms with Gasteiger partial charge in [-0.2, -0.15) is 0 Å². The van der Waals surface area contributed by atoms with Gasteiger partial charge in [0.15, 0.2) is 5.78 Å². The summed E-state index contributed by atoms with van der Waals surface area (Å²) >= 11 is 3.14. The normalized spacial score (nSPS) is 11.6. The van der Waals surface area contributed by atoms with Gasteiger partial charge >= 0.3 is 6.09 Å². The van der Waals surface area contributed by atoms with Gasteiger partial charge in [0.05, 0.1) is 5.33 Å². The average molecular weight is 339 g/mol. The first-order chi connectivity index (χ1) is 9.33. The number of fused-ring (bicyclic) bond motifs is 1. The fraction of sp³-hybridized carbons (Fsp3) is 0.357. The summed E-state index contributed by atoms with van der Waals surface area (Å²) in [7, 11) is 0. The van der Waals surface area contributed by atoms with Gasteiger partial charge in [-0.25, -0.2) is 14.3 Å². The van der Waals surface area contributed by atoms with E-state index in [0.29, 0.717) is 16.6 Å². The molecule has 0 radical (unpaired) electrons. The first kappa shape index (κ1) is 14.7. The average Bonchev–Trinajstić information content (AvgIpc) is 2.79. The lowest BCUT2D eigenvalue weighted by molar-refractivity contribution is 0.0543. The molecule has 0 fully saturated rings. The minimum Gasteiger partial charge on any atom is -0.443 e. The number of ketones is 1. The number of carbonyl (C=O) groups is 2. The summed E-state index contributed by atoms with van der Waals surface area (Å²) in [6.45, 7) is 5.39. The van der Waals surface area contributed by atoms with Gasteiger partial charge < -0.3 is 4.74 Å². The molecule has 2 aromatic heterocycles. The summed E-state index contributed by atoms with van der Waals surface area (Å²) < 4.78 is 6.62. The molecular weight excluding hydrogens is 324 g/mol. The number of hydrogen-bond acceptors (Lipinski definition) is 4. The van der Waals surface area contributed by atoms with Crippen LogP contribution < -0.4 is 0 Å². The van der Waals surface area contributed by atoms with Gasteiger partial charge in [0.1, 0.15) is 11.2 Å². The highest BCUT2D eigenvalue weighted by Crippen LogP contribution is 2.20. The fourth-order valence-corrected chi connectivity index (χ4v) is 2.11. The molecule has 20 heavy (non-hydrogen) atoms.